The van der Waals surface area contributed by atoms with E-state index in [4.69, 9.17) is 11.6 Å². The highest BCUT2D eigenvalue weighted by Crippen LogP contribution is 2.44. The largest absolute Gasteiger partial charge is 0.417 e. The number of nitrogens with zero attached hydrogens (tertiary/aromatic N) is 3. The Labute approximate surface area is 144 Å². The van der Waals surface area contributed by atoms with E-state index < -0.39 is 11.7 Å². The molecular weight excluding hydrogens is 395 g/mol. The number of aromatic nitrogens is 2. The van der Waals surface area contributed by atoms with E-state index in [2.05, 4.69) is 25.9 Å². The van der Waals surface area contributed by atoms with Crippen molar-refractivity contribution in [2.24, 2.45) is 0 Å². The molecule has 3 nitrogen and oxygen atoms in total. The maximum Gasteiger partial charge on any atom is 0.417 e. The fourth-order valence-electron chi connectivity index (χ4n) is 2.67. The van der Waals surface area contributed by atoms with Crippen molar-refractivity contribution >= 4 is 39.0 Å². The zero-order chi connectivity index (χ0) is 17.0. The molecular formula is C15H12BrClF3N3. The van der Waals surface area contributed by atoms with Gasteiger partial charge in [-0.3, -0.25) is 0 Å². The average molecular weight is 407 g/mol. The fourth-order valence-corrected chi connectivity index (χ4v) is 3.23. The van der Waals surface area contributed by atoms with Crippen LogP contribution in [0, 0.1) is 0 Å². The van der Waals surface area contributed by atoms with Crippen LogP contribution >= 0.6 is 27.5 Å². The molecule has 122 valence electrons. The van der Waals surface area contributed by atoms with Gasteiger partial charge < -0.3 is 4.90 Å². The van der Waals surface area contributed by atoms with Crippen LogP contribution in [0.1, 0.15) is 25.1 Å². The van der Waals surface area contributed by atoms with Gasteiger partial charge in [-0.05, 0) is 34.1 Å². The quantitative estimate of drug-likeness (QED) is 0.640. The molecule has 23 heavy (non-hydrogen) atoms. The monoisotopic (exact) mass is 405 g/mol. The van der Waals surface area contributed by atoms with Crippen LogP contribution in [-0.2, 0) is 11.6 Å². The Morgan fingerprint density at radius 3 is 2.61 bits per heavy atom. The van der Waals surface area contributed by atoms with E-state index in [0.717, 1.165) is 11.8 Å². The molecule has 0 saturated heterocycles. The summed E-state index contributed by atoms with van der Waals surface area (Å²) in [6.07, 6.45) is -2.90. The second-order valence-corrected chi connectivity index (χ2v) is 7.22. The average Bonchev–Trinajstić information content (AvgIpc) is 2.69. The van der Waals surface area contributed by atoms with Crippen molar-refractivity contribution in [1.82, 2.24) is 9.97 Å². The minimum Gasteiger partial charge on any atom is -0.324 e. The molecule has 0 N–H and O–H groups in total. The standard InChI is InChI=1S/C15H12BrClF3N3/c1-14(2)7-23(13-12(14)22-11(16)6-21-13)8-3-4-9(10(17)5-8)15(18,19)20/h3-6H,7H2,1-2H3. The number of fused-ring (bicyclic) bond motifs is 1. The highest BCUT2D eigenvalue weighted by atomic mass is 79.9. The number of alkyl halides is 3. The predicted octanol–water partition coefficient (Wildman–Crippen LogP) is 5.34. The first-order valence-corrected chi connectivity index (χ1v) is 7.94. The Kier molecular flexibility index (Phi) is 3.84. The number of rotatable bonds is 1. The van der Waals surface area contributed by atoms with E-state index in [-0.39, 0.29) is 10.4 Å². The summed E-state index contributed by atoms with van der Waals surface area (Å²) in [5.74, 6) is 0.633. The Morgan fingerprint density at radius 1 is 1.30 bits per heavy atom. The molecule has 0 amide bonds. The first-order valence-electron chi connectivity index (χ1n) is 6.77. The van der Waals surface area contributed by atoms with Crippen molar-refractivity contribution < 1.29 is 13.2 Å². The first kappa shape index (κ1) is 16.5. The number of anilines is 2. The molecule has 3 rings (SSSR count). The fraction of sp³-hybridized carbons (Fsp3) is 0.333. The van der Waals surface area contributed by atoms with Crippen LogP contribution in [0.4, 0.5) is 24.7 Å². The van der Waals surface area contributed by atoms with Gasteiger partial charge in [0.05, 0.1) is 22.5 Å². The molecule has 0 atom stereocenters. The lowest BCUT2D eigenvalue weighted by molar-refractivity contribution is -0.137. The molecule has 0 bridgehead atoms. The predicted molar refractivity (Wildman–Crippen MR) is 86.2 cm³/mol. The maximum absolute atomic E-state index is 12.8. The van der Waals surface area contributed by atoms with E-state index in [1.807, 2.05) is 18.7 Å². The third-order valence-electron chi connectivity index (χ3n) is 3.74. The Balaban J connectivity index is 2.07. The van der Waals surface area contributed by atoms with Gasteiger partial charge in [-0.1, -0.05) is 25.4 Å². The molecule has 8 heteroatoms. The number of benzene rings is 1. The summed E-state index contributed by atoms with van der Waals surface area (Å²) in [7, 11) is 0. The molecule has 0 spiro atoms. The molecule has 0 unspecified atom stereocenters. The smallest absolute Gasteiger partial charge is 0.324 e. The van der Waals surface area contributed by atoms with Crippen molar-refractivity contribution in [1.29, 1.82) is 0 Å². The summed E-state index contributed by atoms with van der Waals surface area (Å²) in [6.45, 7) is 4.58. The van der Waals surface area contributed by atoms with Crippen LogP contribution in [-0.4, -0.2) is 16.5 Å². The van der Waals surface area contributed by atoms with Gasteiger partial charge in [-0.2, -0.15) is 13.2 Å². The minimum atomic E-state index is -4.47. The molecule has 0 fully saturated rings. The molecule has 0 aliphatic carbocycles. The van der Waals surface area contributed by atoms with Gasteiger partial charge in [0, 0.05) is 17.6 Å². The van der Waals surface area contributed by atoms with E-state index >= 15 is 0 Å². The summed E-state index contributed by atoms with van der Waals surface area (Å²) in [5, 5.41) is -0.327. The van der Waals surface area contributed by atoms with E-state index in [9.17, 15) is 13.2 Å². The zero-order valence-electron chi connectivity index (χ0n) is 12.2. The van der Waals surface area contributed by atoms with Crippen molar-refractivity contribution in [2.75, 3.05) is 11.4 Å². The van der Waals surface area contributed by atoms with E-state index in [1.165, 1.54) is 12.1 Å². The topological polar surface area (TPSA) is 29.0 Å². The van der Waals surface area contributed by atoms with Crippen molar-refractivity contribution in [3.8, 4) is 0 Å². The van der Waals surface area contributed by atoms with Gasteiger partial charge in [0.25, 0.3) is 0 Å². The maximum atomic E-state index is 12.8. The van der Waals surface area contributed by atoms with Gasteiger partial charge in [-0.15, -0.1) is 0 Å². The molecule has 0 radical (unpaired) electrons. The Bertz CT molecular complexity index is 777. The van der Waals surface area contributed by atoms with Crippen LogP contribution in [0.5, 0.6) is 0 Å². The summed E-state index contributed by atoms with van der Waals surface area (Å²) in [4.78, 5) is 10.7. The molecule has 2 heterocycles. The summed E-state index contributed by atoms with van der Waals surface area (Å²) < 4.78 is 39.1. The molecule has 1 aromatic carbocycles. The van der Waals surface area contributed by atoms with Gasteiger partial charge in [0.15, 0.2) is 5.82 Å². The summed E-state index contributed by atoms with van der Waals surface area (Å²) in [6, 6.07) is 3.72. The van der Waals surface area contributed by atoms with Gasteiger partial charge >= 0.3 is 6.18 Å². The normalized spacial score (nSPS) is 16.6. The lowest BCUT2D eigenvalue weighted by atomic mass is 9.92. The van der Waals surface area contributed by atoms with Crippen molar-refractivity contribution in [3.63, 3.8) is 0 Å². The highest BCUT2D eigenvalue weighted by Gasteiger charge is 2.39. The molecule has 2 aromatic rings. The lowest BCUT2D eigenvalue weighted by Gasteiger charge is -2.22. The molecule has 0 saturated carbocycles. The first-order chi connectivity index (χ1) is 10.6. The minimum absolute atomic E-state index is 0.276. The Hall–Kier alpha value is -1.34. The van der Waals surface area contributed by atoms with Crippen LogP contribution in [0.3, 0.4) is 0 Å². The SMILES string of the molecule is CC1(C)CN(c2ccc(C(F)(F)F)c(Cl)c2)c2ncc(Br)nc21. The second kappa shape index (κ2) is 5.34. The van der Waals surface area contributed by atoms with Crippen LogP contribution in [0.2, 0.25) is 5.02 Å². The number of hydrogen-bond acceptors (Lipinski definition) is 3. The van der Waals surface area contributed by atoms with E-state index in [1.54, 1.807) is 6.20 Å². The summed E-state index contributed by atoms with van der Waals surface area (Å²) in [5.41, 5.74) is 0.235. The third-order valence-corrected chi connectivity index (χ3v) is 4.44. The lowest BCUT2D eigenvalue weighted by Crippen LogP contribution is -2.25. The molecule has 1 aliphatic rings. The number of hydrogen-bond donors (Lipinski definition) is 0. The number of halogens is 5. The molecule has 1 aromatic heterocycles. The van der Waals surface area contributed by atoms with Crippen LogP contribution in [0.25, 0.3) is 0 Å². The van der Waals surface area contributed by atoms with Crippen LogP contribution < -0.4 is 4.90 Å². The second-order valence-electron chi connectivity index (χ2n) is 6.00. The van der Waals surface area contributed by atoms with Gasteiger partial charge in [0.1, 0.15) is 4.60 Å². The zero-order valence-corrected chi connectivity index (χ0v) is 14.6. The Morgan fingerprint density at radius 2 is 2.00 bits per heavy atom. The summed E-state index contributed by atoms with van der Waals surface area (Å²) >= 11 is 9.12. The van der Waals surface area contributed by atoms with Crippen LogP contribution in [0.15, 0.2) is 29.0 Å². The van der Waals surface area contributed by atoms with Gasteiger partial charge in [-0.25, -0.2) is 9.97 Å². The molecule has 1 aliphatic heterocycles. The van der Waals surface area contributed by atoms with Crippen molar-refractivity contribution in [2.45, 2.75) is 25.4 Å². The third kappa shape index (κ3) is 2.92. The highest BCUT2D eigenvalue weighted by molar-refractivity contribution is 9.10. The van der Waals surface area contributed by atoms with Crippen molar-refractivity contribution in [3.05, 3.63) is 45.3 Å². The van der Waals surface area contributed by atoms with Gasteiger partial charge in [0.2, 0.25) is 0 Å². The van der Waals surface area contributed by atoms with E-state index in [0.29, 0.717) is 22.7 Å².